The summed E-state index contributed by atoms with van der Waals surface area (Å²) in [7, 11) is 1.77. The highest BCUT2D eigenvalue weighted by molar-refractivity contribution is 7.99. The van der Waals surface area contributed by atoms with Gasteiger partial charge in [0.1, 0.15) is 0 Å². The van der Waals surface area contributed by atoms with Gasteiger partial charge in [0.25, 0.3) is 0 Å². The lowest BCUT2D eigenvalue weighted by atomic mass is 10.2. The van der Waals surface area contributed by atoms with Gasteiger partial charge in [-0.1, -0.05) is 29.3 Å². The van der Waals surface area contributed by atoms with Gasteiger partial charge in [-0.15, -0.1) is 11.8 Å². The van der Waals surface area contributed by atoms with Gasteiger partial charge >= 0.3 is 0 Å². The highest BCUT2D eigenvalue weighted by atomic mass is 35.5. The van der Waals surface area contributed by atoms with E-state index in [1.54, 1.807) is 24.1 Å². The van der Waals surface area contributed by atoms with Crippen molar-refractivity contribution in [1.82, 2.24) is 4.90 Å². The summed E-state index contributed by atoms with van der Waals surface area (Å²) in [5, 5.41) is 1.25. The number of nitrogens with two attached hydrogens (primary N) is 1. The normalized spacial score (nSPS) is 12.3. The highest BCUT2D eigenvalue weighted by Crippen LogP contribution is 2.24. The van der Waals surface area contributed by atoms with Gasteiger partial charge in [-0.05, 0) is 24.6 Å². The molecule has 0 aromatic heterocycles. The number of hydrogen-bond acceptors (Lipinski definition) is 3. The monoisotopic (exact) mass is 320 g/mol. The number of amides is 1. The van der Waals surface area contributed by atoms with Gasteiger partial charge in [-0.25, -0.2) is 0 Å². The fourth-order valence-corrected chi connectivity index (χ4v) is 2.90. The lowest BCUT2D eigenvalue weighted by Crippen LogP contribution is -2.40. The third-order valence-electron chi connectivity index (χ3n) is 2.89. The Kier molecular flexibility index (Phi) is 7.00. The summed E-state index contributed by atoms with van der Waals surface area (Å²) in [6, 6.07) is 5.46. The molecule has 0 fully saturated rings. The Bertz CT molecular complexity index is 443. The lowest BCUT2D eigenvalue weighted by molar-refractivity contribution is -0.128. The Hall–Kier alpha value is -0.420. The van der Waals surface area contributed by atoms with E-state index in [1.807, 2.05) is 13.0 Å². The van der Waals surface area contributed by atoms with Crippen LogP contribution in [0, 0.1) is 0 Å². The summed E-state index contributed by atoms with van der Waals surface area (Å²) in [5.74, 6) is 1.18. The summed E-state index contributed by atoms with van der Waals surface area (Å²) in [6.07, 6.45) is 0. The number of thioether (sulfide) groups is 1. The van der Waals surface area contributed by atoms with Crippen LogP contribution >= 0.6 is 35.0 Å². The number of likely N-dealkylation sites (N-methyl/N-ethyl adjacent to an activating group) is 1. The number of nitrogens with zero attached hydrogens (tertiary/aromatic N) is 1. The van der Waals surface area contributed by atoms with E-state index >= 15 is 0 Å². The fraction of sp³-hybridized carbons (Fsp3) is 0.462. The SMILES string of the molecule is CC(CN)N(C)C(=O)CSCc1ccc(Cl)cc1Cl. The Morgan fingerprint density at radius 2 is 2.16 bits per heavy atom. The third kappa shape index (κ3) is 5.22. The Morgan fingerprint density at radius 1 is 1.47 bits per heavy atom. The van der Waals surface area contributed by atoms with Crippen LogP contribution in [0.1, 0.15) is 12.5 Å². The molecule has 1 aromatic rings. The molecule has 1 amide bonds. The molecule has 1 unspecified atom stereocenters. The predicted octanol–water partition coefficient (Wildman–Crippen LogP) is 3.03. The first-order chi connectivity index (χ1) is 8.95. The number of rotatable bonds is 6. The van der Waals surface area contributed by atoms with Crippen LogP contribution in [0.5, 0.6) is 0 Å². The van der Waals surface area contributed by atoms with Gasteiger partial charge in [-0.2, -0.15) is 0 Å². The van der Waals surface area contributed by atoms with Gasteiger partial charge in [0, 0.05) is 35.4 Å². The minimum Gasteiger partial charge on any atom is -0.341 e. The first kappa shape index (κ1) is 16.6. The number of benzene rings is 1. The molecule has 0 spiro atoms. The maximum absolute atomic E-state index is 11.9. The van der Waals surface area contributed by atoms with Crippen LogP contribution in [0.25, 0.3) is 0 Å². The van der Waals surface area contributed by atoms with Crippen molar-refractivity contribution in [3.63, 3.8) is 0 Å². The van der Waals surface area contributed by atoms with Crippen LogP contribution in [-0.4, -0.2) is 36.2 Å². The van der Waals surface area contributed by atoms with Crippen LogP contribution in [0.3, 0.4) is 0 Å². The average molecular weight is 321 g/mol. The van der Waals surface area contributed by atoms with E-state index in [1.165, 1.54) is 11.8 Å². The molecule has 0 saturated carbocycles. The van der Waals surface area contributed by atoms with E-state index in [-0.39, 0.29) is 11.9 Å². The van der Waals surface area contributed by atoms with E-state index < -0.39 is 0 Å². The first-order valence-corrected chi connectivity index (χ1v) is 7.84. The van der Waals surface area contributed by atoms with Gasteiger partial charge in [0.15, 0.2) is 0 Å². The molecule has 1 atom stereocenters. The smallest absolute Gasteiger partial charge is 0.232 e. The standard InChI is InChI=1S/C13H18Cl2N2OS/c1-9(6-16)17(2)13(18)8-19-7-10-3-4-11(14)5-12(10)15/h3-5,9H,6-8,16H2,1-2H3. The molecule has 19 heavy (non-hydrogen) atoms. The molecule has 0 radical (unpaired) electrons. The van der Waals surface area contributed by atoms with Gasteiger partial charge in [-0.3, -0.25) is 4.79 Å². The number of carbonyl (C=O) groups excluding carboxylic acids is 1. The Labute approximate surface area is 128 Å². The van der Waals surface area contributed by atoms with Crippen LogP contribution in [0.2, 0.25) is 10.0 Å². The number of hydrogen-bond donors (Lipinski definition) is 1. The number of halogens is 2. The minimum absolute atomic E-state index is 0.0622. The molecule has 0 heterocycles. The second-order valence-electron chi connectivity index (χ2n) is 4.32. The van der Waals surface area contributed by atoms with E-state index in [4.69, 9.17) is 28.9 Å². The van der Waals surface area contributed by atoms with Gasteiger partial charge in [0.05, 0.1) is 5.75 Å². The summed E-state index contributed by atoms with van der Waals surface area (Å²) in [5.41, 5.74) is 6.52. The molecule has 2 N–H and O–H groups in total. The summed E-state index contributed by atoms with van der Waals surface area (Å²) >= 11 is 13.4. The maximum Gasteiger partial charge on any atom is 0.232 e. The second-order valence-corrected chi connectivity index (χ2v) is 6.15. The largest absolute Gasteiger partial charge is 0.341 e. The lowest BCUT2D eigenvalue weighted by Gasteiger charge is -2.23. The Morgan fingerprint density at radius 3 is 2.74 bits per heavy atom. The van der Waals surface area contributed by atoms with E-state index in [9.17, 15) is 4.79 Å². The van der Waals surface area contributed by atoms with Crippen molar-refractivity contribution < 1.29 is 4.79 Å². The van der Waals surface area contributed by atoms with E-state index in [0.717, 1.165) is 5.56 Å². The molecule has 3 nitrogen and oxygen atoms in total. The molecular weight excluding hydrogens is 303 g/mol. The molecule has 1 aromatic carbocycles. The van der Waals surface area contributed by atoms with Crippen LogP contribution in [-0.2, 0) is 10.5 Å². The third-order valence-corrected chi connectivity index (χ3v) is 4.45. The maximum atomic E-state index is 11.9. The van der Waals surface area contributed by atoms with Crippen molar-refractivity contribution in [3.8, 4) is 0 Å². The molecule has 0 aliphatic carbocycles. The van der Waals surface area contributed by atoms with Crippen molar-refractivity contribution in [1.29, 1.82) is 0 Å². The second kappa shape index (κ2) is 8.00. The topological polar surface area (TPSA) is 46.3 Å². The first-order valence-electron chi connectivity index (χ1n) is 5.93. The van der Waals surface area contributed by atoms with Crippen molar-refractivity contribution in [2.24, 2.45) is 5.73 Å². The Balaban J connectivity index is 2.44. The van der Waals surface area contributed by atoms with Crippen LogP contribution in [0.4, 0.5) is 0 Å². The molecule has 106 valence electrons. The summed E-state index contributed by atoms with van der Waals surface area (Å²) in [6.45, 7) is 2.40. The molecule has 0 aliphatic rings. The van der Waals surface area contributed by atoms with E-state index in [2.05, 4.69) is 0 Å². The van der Waals surface area contributed by atoms with Gasteiger partial charge in [0.2, 0.25) is 5.91 Å². The van der Waals surface area contributed by atoms with Crippen molar-refractivity contribution in [3.05, 3.63) is 33.8 Å². The minimum atomic E-state index is 0.0622. The van der Waals surface area contributed by atoms with Crippen molar-refractivity contribution in [2.75, 3.05) is 19.3 Å². The average Bonchev–Trinajstić information content (AvgIpc) is 2.39. The molecule has 1 rings (SSSR count). The molecule has 0 saturated heterocycles. The van der Waals surface area contributed by atoms with Gasteiger partial charge < -0.3 is 10.6 Å². The predicted molar refractivity (Wildman–Crippen MR) is 83.9 cm³/mol. The molecule has 0 bridgehead atoms. The molecular formula is C13H18Cl2N2OS. The van der Waals surface area contributed by atoms with Crippen molar-refractivity contribution in [2.45, 2.75) is 18.7 Å². The quantitative estimate of drug-likeness (QED) is 0.876. The zero-order valence-electron chi connectivity index (χ0n) is 11.0. The molecule has 0 aliphatic heterocycles. The zero-order valence-corrected chi connectivity index (χ0v) is 13.4. The highest BCUT2D eigenvalue weighted by Gasteiger charge is 2.14. The summed E-state index contributed by atoms with van der Waals surface area (Å²) < 4.78 is 0. The fourth-order valence-electron chi connectivity index (χ4n) is 1.39. The zero-order chi connectivity index (χ0) is 14.4. The van der Waals surface area contributed by atoms with Crippen LogP contribution < -0.4 is 5.73 Å². The molecule has 6 heteroatoms. The summed E-state index contributed by atoms with van der Waals surface area (Å²) in [4.78, 5) is 13.5. The van der Waals surface area contributed by atoms with E-state index in [0.29, 0.717) is 28.1 Å². The van der Waals surface area contributed by atoms with Crippen LogP contribution in [0.15, 0.2) is 18.2 Å². The number of carbonyl (C=O) groups is 1. The van der Waals surface area contributed by atoms with Crippen molar-refractivity contribution >= 4 is 40.9 Å².